The number of carbonyl (C=O) groups is 1. The molecule has 1 unspecified atom stereocenters. The van der Waals surface area contributed by atoms with Crippen LogP contribution in [0.1, 0.15) is 67.5 Å². The minimum atomic E-state index is -0.168. The van der Waals surface area contributed by atoms with Crippen molar-refractivity contribution in [3.8, 4) is 11.5 Å². The van der Waals surface area contributed by atoms with Crippen molar-refractivity contribution in [3.63, 3.8) is 0 Å². The Bertz CT molecular complexity index is 718. The molecule has 0 aliphatic rings. The average Bonchev–Trinajstić information content (AvgIpc) is 3.13. The molecule has 0 radical (unpaired) electrons. The summed E-state index contributed by atoms with van der Waals surface area (Å²) in [6, 6.07) is 5.64. The van der Waals surface area contributed by atoms with E-state index in [-0.39, 0.29) is 11.9 Å². The highest BCUT2D eigenvalue weighted by Crippen LogP contribution is 2.31. The average molecular weight is 378 g/mol. The maximum Gasteiger partial charge on any atom is 0.265 e. The van der Waals surface area contributed by atoms with Crippen LogP contribution in [0.3, 0.4) is 0 Å². The van der Waals surface area contributed by atoms with Crippen molar-refractivity contribution in [2.45, 2.75) is 53.0 Å². The summed E-state index contributed by atoms with van der Waals surface area (Å²) >= 11 is 1.13. The standard InChI is InChI=1S/C19H27N3O3S/c1-5-10-24-16-9-8-14(12-17(16)25-11-6-2)13(4)20-19(23)18-15(7-3)21-22-26-18/h8-9,12-13H,5-7,10-11H2,1-4H3,(H,20,23). The van der Waals surface area contributed by atoms with Gasteiger partial charge in [0.05, 0.1) is 24.9 Å². The van der Waals surface area contributed by atoms with Crippen LogP contribution in [0.4, 0.5) is 0 Å². The van der Waals surface area contributed by atoms with E-state index in [2.05, 4.69) is 28.8 Å². The molecule has 1 atom stereocenters. The van der Waals surface area contributed by atoms with E-state index in [0.717, 1.165) is 41.4 Å². The van der Waals surface area contributed by atoms with Crippen LogP contribution in [-0.2, 0) is 6.42 Å². The maximum absolute atomic E-state index is 12.5. The Hall–Kier alpha value is -2.15. The monoisotopic (exact) mass is 377 g/mol. The van der Waals surface area contributed by atoms with Crippen molar-refractivity contribution >= 4 is 17.4 Å². The molecule has 1 amide bonds. The lowest BCUT2D eigenvalue weighted by Gasteiger charge is -2.18. The first kappa shape index (κ1) is 20.2. The molecule has 2 rings (SSSR count). The lowest BCUT2D eigenvalue weighted by atomic mass is 10.1. The number of carbonyl (C=O) groups excluding carboxylic acids is 1. The summed E-state index contributed by atoms with van der Waals surface area (Å²) in [5.41, 5.74) is 1.69. The van der Waals surface area contributed by atoms with E-state index in [9.17, 15) is 4.79 Å². The lowest BCUT2D eigenvalue weighted by Crippen LogP contribution is -2.26. The first-order valence-electron chi connectivity index (χ1n) is 9.12. The Balaban J connectivity index is 2.14. The number of nitrogens with one attached hydrogen (secondary N) is 1. The molecule has 1 heterocycles. The molecule has 6 nitrogen and oxygen atoms in total. The quantitative estimate of drug-likeness (QED) is 0.673. The van der Waals surface area contributed by atoms with Crippen LogP contribution in [0.2, 0.25) is 0 Å². The highest BCUT2D eigenvalue weighted by molar-refractivity contribution is 7.08. The molecule has 1 aromatic carbocycles. The fraction of sp³-hybridized carbons (Fsp3) is 0.526. The van der Waals surface area contributed by atoms with Gasteiger partial charge in [0.1, 0.15) is 4.88 Å². The SMILES string of the molecule is CCCOc1ccc(C(C)NC(=O)c2snnc2CC)cc1OCCC. The number of ether oxygens (including phenoxy) is 2. The Kier molecular flexibility index (Phi) is 7.84. The number of nitrogens with zero attached hydrogens (tertiary/aromatic N) is 2. The number of benzene rings is 1. The number of aryl methyl sites for hydroxylation is 1. The maximum atomic E-state index is 12.5. The Labute approximate surface area is 159 Å². The third-order valence-electron chi connectivity index (χ3n) is 3.84. The first-order valence-corrected chi connectivity index (χ1v) is 9.89. The zero-order chi connectivity index (χ0) is 18.9. The second-order valence-electron chi connectivity index (χ2n) is 6.00. The number of aromatic nitrogens is 2. The summed E-state index contributed by atoms with van der Waals surface area (Å²) in [6.45, 7) is 9.31. The topological polar surface area (TPSA) is 73.3 Å². The van der Waals surface area contributed by atoms with E-state index >= 15 is 0 Å². The van der Waals surface area contributed by atoms with Crippen molar-refractivity contribution in [2.75, 3.05) is 13.2 Å². The molecule has 0 spiro atoms. The van der Waals surface area contributed by atoms with E-state index in [0.29, 0.717) is 30.3 Å². The molecule has 142 valence electrons. The van der Waals surface area contributed by atoms with Gasteiger partial charge < -0.3 is 14.8 Å². The van der Waals surface area contributed by atoms with Gasteiger partial charge >= 0.3 is 0 Å². The molecule has 2 aromatic rings. The highest BCUT2D eigenvalue weighted by atomic mass is 32.1. The van der Waals surface area contributed by atoms with Crippen LogP contribution in [0.25, 0.3) is 0 Å². The van der Waals surface area contributed by atoms with Crippen LogP contribution in [0, 0.1) is 0 Å². The number of hydrogen-bond donors (Lipinski definition) is 1. The molecule has 0 bridgehead atoms. The minimum absolute atomic E-state index is 0.147. The smallest absolute Gasteiger partial charge is 0.265 e. The second-order valence-corrected chi connectivity index (χ2v) is 6.75. The molecule has 7 heteroatoms. The van der Waals surface area contributed by atoms with E-state index < -0.39 is 0 Å². The highest BCUT2D eigenvalue weighted by Gasteiger charge is 2.18. The van der Waals surface area contributed by atoms with E-state index in [1.807, 2.05) is 32.0 Å². The predicted molar refractivity (Wildman–Crippen MR) is 103 cm³/mol. The molecule has 26 heavy (non-hydrogen) atoms. The van der Waals surface area contributed by atoms with E-state index in [1.54, 1.807) is 0 Å². The van der Waals surface area contributed by atoms with Gasteiger partial charge in [-0.3, -0.25) is 4.79 Å². The summed E-state index contributed by atoms with van der Waals surface area (Å²) in [4.78, 5) is 13.1. The normalized spacial score (nSPS) is 11.8. The minimum Gasteiger partial charge on any atom is -0.490 e. The number of rotatable bonds is 10. The summed E-state index contributed by atoms with van der Waals surface area (Å²) in [5.74, 6) is 1.31. The summed E-state index contributed by atoms with van der Waals surface area (Å²) in [5, 5.41) is 7.01. The van der Waals surface area contributed by atoms with Crippen LogP contribution in [-0.4, -0.2) is 28.7 Å². The molecule has 0 saturated carbocycles. The number of hydrogen-bond acceptors (Lipinski definition) is 6. The van der Waals surface area contributed by atoms with Gasteiger partial charge in [0.2, 0.25) is 0 Å². The van der Waals surface area contributed by atoms with Crippen molar-refractivity contribution in [1.82, 2.24) is 14.9 Å². The third kappa shape index (κ3) is 5.17. The van der Waals surface area contributed by atoms with Crippen molar-refractivity contribution in [1.29, 1.82) is 0 Å². The van der Waals surface area contributed by atoms with Crippen LogP contribution >= 0.6 is 11.5 Å². The van der Waals surface area contributed by atoms with Crippen molar-refractivity contribution in [2.24, 2.45) is 0 Å². The summed E-state index contributed by atoms with van der Waals surface area (Å²) < 4.78 is 15.5. The Morgan fingerprint density at radius 3 is 2.50 bits per heavy atom. The van der Waals surface area contributed by atoms with Gasteiger partial charge in [0.25, 0.3) is 5.91 Å². The van der Waals surface area contributed by atoms with E-state index in [4.69, 9.17) is 9.47 Å². The lowest BCUT2D eigenvalue weighted by molar-refractivity contribution is 0.0943. The molecule has 1 aromatic heterocycles. The van der Waals surface area contributed by atoms with Gasteiger partial charge in [0.15, 0.2) is 11.5 Å². The van der Waals surface area contributed by atoms with Crippen LogP contribution in [0.5, 0.6) is 11.5 Å². The van der Waals surface area contributed by atoms with Gasteiger partial charge in [-0.15, -0.1) is 5.10 Å². The predicted octanol–water partition coefficient (Wildman–Crippen LogP) is 4.17. The fourth-order valence-electron chi connectivity index (χ4n) is 2.41. The van der Waals surface area contributed by atoms with Crippen molar-refractivity contribution in [3.05, 3.63) is 34.3 Å². The van der Waals surface area contributed by atoms with Crippen LogP contribution < -0.4 is 14.8 Å². The molecular formula is C19H27N3O3S. The second kappa shape index (κ2) is 10.1. The largest absolute Gasteiger partial charge is 0.490 e. The third-order valence-corrected chi connectivity index (χ3v) is 4.60. The molecule has 1 N–H and O–H groups in total. The Morgan fingerprint density at radius 2 is 1.85 bits per heavy atom. The fourth-order valence-corrected chi connectivity index (χ4v) is 3.06. The zero-order valence-electron chi connectivity index (χ0n) is 15.9. The Morgan fingerprint density at radius 1 is 1.15 bits per heavy atom. The number of amides is 1. The van der Waals surface area contributed by atoms with Gasteiger partial charge in [0, 0.05) is 0 Å². The molecule has 0 aliphatic heterocycles. The first-order chi connectivity index (χ1) is 12.6. The van der Waals surface area contributed by atoms with Gasteiger partial charge in [-0.05, 0) is 55.4 Å². The van der Waals surface area contributed by atoms with Gasteiger partial charge in [-0.25, -0.2) is 0 Å². The van der Waals surface area contributed by atoms with E-state index in [1.165, 1.54) is 0 Å². The molecular weight excluding hydrogens is 350 g/mol. The molecule has 0 aliphatic carbocycles. The molecule has 0 fully saturated rings. The van der Waals surface area contributed by atoms with Gasteiger partial charge in [-0.1, -0.05) is 31.3 Å². The molecule has 0 saturated heterocycles. The van der Waals surface area contributed by atoms with Gasteiger partial charge in [-0.2, -0.15) is 0 Å². The zero-order valence-corrected chi connectivity index (χ0v) is 16.7. The summed E-state index contributed by atoms with van der Waals surface area (Å²) in [6.07, 6.45) is 2.54. The summed E-state index contributed by atoms with van der Waals surface area (Å²) in [7, 11) is 0. The van der Waals surface area contributed by atoms with Crippen LogP contribution in [0.15, 0.2) is 18.2 Å². The van der Waals surface area contributed by atoms with Crippen molar-refractivity contribution < 1.29 is 14.3 Å².